The number of methoxy groups -OCH3 is 1. The van der Waals surface area contributed by atoms with E-state index in [1.807, 2.05) is 13.8 Å². The monoisotopic (exact) mass is 379 g/mol. The molecule has 1 rings (SSSR count). The first-order chi connectivity index (χ1) is 12.8. The number of ether oxygens (including phenoxy) is 1. The van der Waals surface area contributed by atoms with E-state index in [-0.39, 0.29) is 37.4 Å². The summed E-state index contributed by atoms with van der Waals surface area (Å²) >= 11 is 0. The van der Waals surface area contributed by atoms with Gasteiger partial charge in [-0.15, -0.1) is 0 Å². The van der Waals surface area contributed by atoms with Crippen molar-refractivity contribution in [1.29, 1.82) is 0 Å². The second kappa shape index (κ2) is 11.2. The number of nitrogens with zero attached hydrogens (tertiary/aromatic N) is 2. The topological polar surface area (TPSA) is 83.4 Å². The van der Waals surface area contributed by atoms with Gasteiger partial charge < -0.3 is 24.8 Å². The molecule has 0 bridgehead atoms. The van der Waals surface area contributed by atoms with Crippen LogP contribution in [-0.2, 0) is 14.4 Å². The predicted molar refractivity (Wildman–Crippen MR) is 104 cm³/mol. The molecule has 0 heterocycles. The summed E-state index contributed by atoms with van der Waals surface area (Å²) in [5.41, 5.74) is 0.604. The number of nitrogens with one attached hydrogen (secondary N) is 2. The molecule has 2 N–H and O–H groups in total. The van der Waals surface area contributed by atoms with Crippen molar-refractivity contribution in [2.24, 2.45) is 0 Å². The molecule has 1 unspecified atom stereocenters. The Labute approximate surface area is 161 Å². The van der Waals surface area contributed by atoms with E-state index in [9.17, 15) is 14.4 Å². The number of anilines is 1. The molecule has 0 aliphatic carbocycles. The number of carbonyl (C=O) groups excluding carboxylic acids is 3. The highest BCUT2D eigenvalue weighted by Gasteiger charge is 2.21. The summed E-state index contributed by atoms with van der Waals surface area (Å²) in [7, 11) is 4.92. The van der Waals surface area contributed by atoms with Gasteiger partial charge in [0.05, 0.1) is 20.7 Å². The molecule has 0 fully saturated rings. The van der Waals surface area contributed by atoms with Crippen molar-refractivity contribution in [1.82, 2.24) is 9.80 Å². The van der Waals surface area contributed by atoms with Crippen LogP contribution in [0.25, 0.3) is 0 Å². The summed E-state index contributed by atoms with van der Waals surface area (Å²) in [5.74, 6) is 0.167. The van der Waals surface area contributed by atoms with E-state index in [2.05, 4.69) is 5.32 Å². The zero-order chi connectivity index (χ0) is 20.4. The molecule has 1 atom stereocenters. The maximum atomic E-state index is 12.3. The molecule has 27 heavy (non-hydrogen) atoms. The Hall–Kier alpha value is -2.61. The van der Waals surface area contributed by atoms with E-state index in [1.165, 1.54) is 4.90 Å². The number of rotatable bonds is 10. The number of carbonyl (C=O) groups is 3. The molecular weight excluding hydrogens is 348 g/mol. The van der Waals surface area contributed by atoms with Gasteiger partial charge in [0.15, 0.2) is 13.1 Å². The number of hydrogen-bond donors (Lipinski definition) is 2. The van der Waals surface area contributed by atoms with Crippen LogP contribution < -0.4 is 15.0 Å². The minimum atomic E-state index is -0.295. The zero-order valence-electron chi connectivity index (χ0n) is 16.9. The van der Waals surface area contributed by atoms with Crippen molar-refractivity contribution in [2.75, 3.05) is 59.2 Å². The SMILES string of the molecule is CCN(CC)C(=O)C[NH+](C)CC(=O)N(C)CC(=O)Nc1cccc(OC)c1. The smallest absolute Gasteiger partial charge is 0.277 e. The zero-order valence-corrected chi connectivity index (χ0v) is 16.9. The van der Waals surface area contributed by atoms with Crippen molar-refractivity contribution in [2.45, 2.75) is 13.8 Å². The van der Waals surface area contributed by atoms with Crippen molar-refractivity contribution in [3.05, 3.63) is 24.3 Å². The molecule has 1 aromatic rings. The van der Waals surface area contributed by atoms with Gasteiger partial charge in [-0.2, -0.15) is 0 Å². The van der Waals surface area contributed by atoms with E-state index in [1.54, 1.807) is 50.4 Å². The van der Waals surface area contributed by atoms with E-state index >= 15 is 0 Å². The number of amides is 3. The summed E-state index contributed by atoms with van der Waals surface area (Å²) in [6, 6.07) is 7.01. The molecule has 0 aromatic heterocycles. The van der Waals surface area contributed by atoms with E-state index in [0.717, 1.165) is 4.90 Å². The Kier molecular flexibility index (Phi) is 9.29. The molecule has 150 valence electrons. The average molecular weight is 379 g/mol. The summed E-state index contributed by atoms with van der Waals surface area (Å²) < 4.78 is 5.11. The normalized spacial score (nSPS) is 11.4. The highest BCUT2D eigenvalue weighted by molar-refractivity contribution is 5.94. The minimum Gasteiger partial charge on any atom is -0.497 e. The molecule has 0 aliphatic heterocycles. The van der Waals surface area contributed by atoms with Gasteiger partial charge in [-0.05, 0) is 26.0 Å². The molecule has 8 heteroatoms. The Balaban J connectivity index is 2.48. The Morgan fingerprint density at radius 1 is 1.11 bits per heavy atom. The number of benzene rings is 1. The highest BCUT2D eigenvalue weighted by Crippen LogP contribution is 2.16. The number of hydrogen-bond acceptors (Lipinski definition) is 4. The van der Waals surface area contributed by atoms with E-state index in [4.69, 9.17) is 4.74 Å². The van der Waals surface area contributed by atoms with Crippen molar-refractivity contribution >= 4 is 23.4 Å². The first-order valence-corrected chi connectivity index (χ1v) is 9.07. The van der Waals surface area contributed by atoms with Gasteiger partial charge in [-0.25, -0.2) is 0 Å². The standard InChI is InChI=1S/C19H30N4O4/c1-6-23(7-2)19(26)14-21(3)13-18(25)22(4)12-17(24)20-15-9-8-10-16(11-15)27-5/h8-11H,6-7,12-14H2,1-5H3,(H,20,24)/p+1. The third-order valence-electron chi connectivity index (χ3n) is 4.18. The highest BCUT2D eigenvalue weighted by atomic mass is 16.5. The summed E-state index contributed by atoms with van der Waals surface area (Å²) in [5, 5.41) is 2.74. The molecular formula is C19H31N4O4+. The molecule has 0 saturated heterocycles. The lowest BCUT2D eigenvalue weighted by atomic mass is 10.3. The van der Waals surface area contributed by atoms with Gasteiger partial charge >= 0.3 is 0 Å². The van der Waals surface area contributed by atoms with Gasteiger partial charge in [-0.3, -0.25) is 14.4 Å². The third kappa shape index (κ3) is 7.65. The predicted octanol–water partition coefficient (Wildman–Crippen LogP) is -0.525. The fraction of sp³-hybridized carbons (Fsp3) is 0.526. The van der Waals surface area contributed by atoms with Gasteiger partial charge in [0.2, 0.25) is 5.91 Å². The quantitative estimate of drug-likeness (QED) is 0.573. The van der Waals surface area contributed by atoms with Crippen LogP contribution in [0.5, 0.6) is 5.75 Å². The maximum absolute atomic E-state index is 12.3. The molecule has 8 nitrogen and oxygen atoms in total. The Morgan fingerprint density at radius 3 is 2.33 bits per heavy atom. The molecule has 0 spiro atoms. The molecule has 1 aromatic carbocycles. The first kappa shape index (κ1) is 22.4. The van der Waals surface area contributed by atoms with Crippen molar-refractivity contribution < 1.29 is 24.0 Å². The van der Waals surface area contributed by atoms with Crippen LogP contribution in [-0.4, -0.2) is 81.5 Å². The Bertz CT molecular complexity index is 646. The summed E-state index contributed by atoms with van der Waals surface area (Å²) in [4.78, 5) is 40.4. The average Bonchev–Trinajstić information content (AvgIpc) is 2.62. The van der Waals surface area contributed by atoms with E-state index in [0.29, 0.717) is 24.5 Å². The van der Waals surface area contributed by atoms with Crippen LogP contribution in [0.4, 0.5) is 5.69 Å². The lowest BCUT2D eigenvalue weighted by Crippen LogP contribution is -3.11. The van der Waals surface area contributed by atoms with Gasteiger partial charge in [-0.1, -0.05) is 6.07 Å². The van der Waals surface area contributed by atoms with Crippen LogP contribution >= 0.6 is 0 Å². The largest absolute Gasteiger partial charge is 0.497 e. The van der Waals surface area contributed by atoms with Crippen LogP contribution in [0.3, 0.4) is 0 Å². The molecule has 3 amide bonds. The summed E-state index contributed by atoms with van der Waals surface area (Å²) in [6.45, 7) is 5.50. The minimum absolute atomic E-state index is 0.0173. The summed E-state index contributed by atoms with van der Waals surface area (Å²) in [6.07, 6.45) is 0. The fourth-order valence-corrected chi connectivity index (χ4v) is 2.61. The van der Waals surface area contributed by atoms with Crippen LogP contribution in [0.2, 0.25) is 0 Å². The second-order valence-electron chi connectivity index (χ2n) is 6.41. The van der Waals surface area contributed by atoms with Crippen LogP contribution in [0.15, 0.2) is 24.3 Å². The number of likely N-dealkylation sites (N-methyl/N-ethyl adjacent to an activating group) is 3. The first-order valence-electron chi connectivity index (χ1n) is 9.07. The van der Waals surface area contributed by atoms with Crippen molar-refractivity contribution in [3.63, 3.8) is 0 Å². The fourth-order valence-electron chi connectivity index (χ4n) is 2.61. The molecule has 0 saturated carbocycles. The van der Waals surface area contributed by atoms with Gasteiger partial charge in [0.1, 0.15) is 5.75 Å². The molecule has 0 aliphatic rings. The third-order valence-corrected chi connectivity index (χ3v) is 4.18. The van der Waals surface area contributed by atoms with Crippen LogP contribution in [0, 0.1) is 0 Å². The Morgan fingerprint density at radius 2 is 1.74 bits per heavy atom. The number of quaternary nitrogens is 1. The van der Waals surface area contributed by atoms with Gasteiger partial charge in [0.25, 0.3) is 11.8 Å². The second-order valence-corrected chi connectivity index (χ2v) is 6.41. The lowest BCUT2D eigenvalue weighted by Gasteiger charge is -2.22. The van der Waals surface area contributed by atoms with Gasteiger partial charge in [0, 0.05) is 31.9 Å². The lowest BCUT2D eigenvalue weighted by molar-refractivity contribution is -0.863. The van der Waals surface area contributed by atoms with E-state index < -0.39 is 0 Å². The maximum Gasteiger partial charge on any atom is 0.277 e. The van der Waals surface area contributed by atoms with Crippen molar-refractivity contribution in [3.8, 4) is 5.75 Å². The molecule has 0 radical (unpaired) electrons. The van der Waals surface area contributed by atoms with Crippen LogP contribution in [0.1, 0.15) is 13.8 Å².